The van der Waals surface area contributed by atoms with E-state index < -0.39 is 17.8 Å². The molecule has 4 aromatic rings. The summed E-state index contributed by atoms with van der Waals surface area (Å²) in [7, 11) is 0. The van der Waals surface area contributed by atoms with Gasteiger partial charge < -0.3 is 15.4 Å². The Bertz CT molecular complexity index is 1820. The highest BCUT2D eigenvalue weighted by molar-refractivity contribution is 6.01. The molecule has 7 rings (SSSR count). The molecular formula is C38H40F3N5O3. The van der Waals surface area contributed by atoms with E-state index in [2.05, 4.69) is 20.7 Å². The zero-order chi connectivity index (χ0) is 34.3. The van der Waals surface area contributed by atoms with Gasteiger partial charge in [-0.1, -0.05) is 36.4 Å². The van der Waals surface area contributed by atoms with E-state index in [-0.39, 0.29) is 42.2 Å². The molecule has 2 aromatic carbocycles. The third kappa shape index (κ3) is 7.21. The first kappa shape index (κ1) is 32.9. The van der Waals surface area contributed by atoms with E-state index in [1.807, 2.05) is 56.3 Å². The number of hydrogen-bond acceptors (Lipinski definition) is 5. The normalized spacial score (nSPS) is 18.0. The largest absolute Gasteiger partial charge is 0.473 e. The van der Waals surface area contributed by atoms with E-state index >= 15 is 0 Å². The molecule has 8 nitrogen and oxygen atoms in total. The van der Waals surface area contributed by atoms with E-state index in [0.717, 1.165) is 54.6 Å². The molecule has 1 unspecified atom stereocenters. The van der Waals surface area contributed by atoms with E-state index in [1.165, 1.54) is 0 Å². The van der Waals surface area contributed by atoms with Crippen LogP contribution >= 0.6 is 0 Å². The predicted octanol–water partition coefficient (Wildman–Crippen LogP) is 7.71. The maximum Gasteiger partial charge on any atom is 0.417 e. The van der Waals surface area contributed by atoms with Crippen LogP contribution in [0.5, 0.6) is 5.88 Å². The Morgan fingerprint density at radius 3 is 2.37 bits per heavy atom. The Labute approximate surface area is 283 Å². The highest BCUT2D eigenvalue weighted by Crippen LogP contribution is 2.51. The predicted molar refractivity (Wildman–Crippen MR) is 178 cm³/mol. The van der Waals surface area contributed by atoms with Gasteiger partial charge in [-0.3, -0.25) is 14.3 Å². The van der Waals surface area contributed by atoms with Gasteiger partial charge in [0.1, 0.15) is 18.3 Å². The quantitative estimate of drug-likeness (QED) is 0.161. The van der Waals surface area contributed by atoms with Gasteiger partial charge in [-0.15, -0.1) is 0 Å². The van der Waals surface area contributed by atoms with E-state index in [0.29, 0.717) is 41.6 Å². The lowest BCUT2D eigenvalue weighted by Crippen LogP contribution is -2.50. The number of nitrogens with one attached hydrogen (secondary N) is 2. The van der Waals surface area contributed by atoms with Crippen LogP contribution in [0.1, 0.15) is 96.2 Å². The highest BCUT2D eigenvalue weighted by atomic mass is 19.4. The molecule has 2 fully saturated rings. The summed E-state index contributed by atoms with van der Waals surface area (Å²) in [6.45, 7) is 4.08. The minimum Gasteiger partial charge on any atom is -0.473 e. The minimum atomic E-state index is -4.55. The van der Waals surface area contributed by atoms with Crippen molar-refractivity contribution in [2.75, 3.05) is 5.32 Å². The number of benzene rings is 2. The second-order valence-corrected chi connectivity index (χ2v) is 13.8. The van der Waals surface area contributed by atoms with E-state index in [4.69, 9.17) is 4.74 Å². The SMILES string of the molecule is CC(C)n1nccc1C(=O)N[C@H](C(=O)Nc1ccc2c(c1)CCC2c1cc(C(F)(F)F)cnc1OCc1ccccc1)C(C1CC1)C1CC1. The number of aromatic nitrogens is 3. The number of rotatable bonds is 12. The van der Waals surface area contributed by atoms with Crippen molar-refractivity contribution in [1.29, 1.82) is 0 Å². The molecule has 49 heavy (non-hydrogen) atoms. The number of alkyl halides is 3. The Kier molecular flexibility index (Phi) is 8.94. The average molecular weight is 672 g/mol. The first-order chi connectivity index (χ1) is 23.6. The molecule has 2 aromatic heterocycles. The molecule has 2 atom stereocenters. The zero-order valence-corrected chi connectivity index (χ0v) is 27.5. The van der Waals surface area contributed by atoms with Crippen molar-refractivity contribution in [2.24, 2.45) is 17.8 Å². The average Bonchev–Trinajstić information content (AvgIpc) is 4.01. The maximum absolute atomic E-state index is 14.0. The van der Waals surface area contributed by atoms with Crippen molar-refractivity contribution in [3.63, 3.8) is 0 Å². The van der Waals surface area contributed by atoms with Crippen LogP contribution in [-0.4, -0.2) is 32.6 Å². The van der Waals surface area contributed by atoms with Crippen molar-refractivity contribution in [2.45, 2.75) is 83.2 Å². The number of carbonyl (C=O) groups excluding carboxylic acids is 2. The summed E-state index contributed by atoms with van der Waals surface area (Å²) in [5.41, 5.74) is 3.27. The van der Waals surface area contributed by atoms with Crippen molar-refractivity contribution >= 4 is 17.5 Å². The molecule has 0 radical (unpaired) electrons. The minimum absolute atomic E-state index is 0.0147. The summed E-state index contributed by atoms with van der Waals surface area (Å²) in [5, 5.41) is 10.5. The molecule has 256 valence electrons. The van der Waals surface area contributed by atoms with Gasteiger partial charge in [-0.05, 0) is 111 Å². The standard InChI is InChI=1S/C38H40F3N5O3/c1-22(2)46-32(16-17-43-46)35(47)45-34(33(24-8-9-24)25-10-11-25)36(48)44-28-13-15-29-26(18-28)12-14-30(29)31-19-27(38(39,40)41)20-42-37(31)49-21-23-6-4-3-5-7-23/h3-7,13,15-20,22,24-25,30,33-34H,8-12,14,21H2,1-2H3,(H,44,48)(H,45,47)/t30?,34-/m0/s1. The Balaban J connectivity index is 1.13. The van der Waals surface area contributed by atoms with Crippen LogP contribution in [0, 0.1) is 17.8 Å². The van der Waals surface area contributed by atoms with Crippen molar-refractivity contribution < 1.29 is 27.5 Å². The summed E-state index contributed by atoms with van der Waals surface area (Å²) in [6, 6.07) is 17.1. The van der Waals surface area contributed by atoms with Gasteiger partial charge in [-0.2, -0.15) is 18.3 Å². The number of pyridine rings is 1. The third-order valence-electron chi connectivity index (χ3n) is 9.97. The van der Waals surface area contributed by atoms with Crippen LogP contribution in [0.15, 0.2) is 73.1 Å². The van der Waals surface area contributed by atoms with Crippen LogP contribution in [-0.2, 0) is 24.0 Å². The molecule has 2 heterocycles. The van der Waals surface area contributed by atoms with Gasteiger partial charge in [0.25, 0.3) is 5.91 Å². The van der Waals surface area contributed by atoms with Gasteiger partial charge in [0.15, 0.2) is 0 Å². The molecule has 2 amide bonds. The number of fused-ring (bicyclic) bond motifs is 1. The smallest absolute Gasteiger partial charge is 0.417 e. The molecule has 0 bridgehead atoms. The van der Waals surface area contributed by atoms with Crippen LogP contribution < -0.4 is 15.4 Å². The Hall–Kier alpha value is -4.67. The van der Waals surface area contributed by atoms with Crippen LogP contribution in [0.25, 0.3) is 0 Å². The third-order valence-corrected chi connectivity index (χ3v) is 9.97. The first-order valence-corrected chi connectivity index (χ1v) is 17.1. The molecule has 3 aliphatic carbocycles. The zero-order valence-electron chi connectivity index (χ0n) is 27.5. The lowest BCUT2D eigenvalue weighted by Gasteiger charge is -2.28. The highest BCUT2D eigenvalue weighted by Gasteiger charge is 2.48. The lowest BCUT2D eigenvalue weighted by molar-refractivity contribution is -0.138. The molecule has 2 saturated carbocycles. The van der Waals surface area contributed by atoms with E-state index in [1.54, 1.807) is 23.0 Å². The molecule has 11 heteroatoms. The second kappa shape index (κ2) is 13.3. The number of hydrogen-bond donors (Lipinski definition) is 2. The number of aryl methyl sites for hydroxylation is 1. The van der Waals surface area contributed by atoms with Gasteiger partial charge >= 0.3 is 6.18 Å². The fraction of sp³-hybridized carbons (Fsp3) is 0.421. The van der Waals surface area contributed by atoms with Crippen molar-refractivity contribution in [3.8, 4) is 5.88 Å². The Morgan fingerprint density at radius 2 is 1.69 bits per heavy atom. The van der Waals surface area contributed by atoms with E-state index in [9.17, 15) is 22.8 Å². The summed E-state index contributed by atoms with van der Waals surface area (Å²) >= 11 is 0. The van der Waals surface area contributed by atoms with Crippen molar-refractivity contribution in [1.82, 2.24) is 20.1 Å². The number of anilines is 1. The van der Waals surface area contributed by atoms with Crippen molar-refractivity contribution in [3.05, 3.63) is 107 Å². The lowest BCUT2D eigenvalue weighted by atomic mass is 9.88. The topological polar surface area (TPSA) is 98.1 Å². The van der Waals surface area contributed by atoms with Crippen LogP contribution in [0.3, 0.4) is 0 Å². The first-order valence-electron chi connectivity index (χ1n) is 17.1. The summed E-state index contributed by atoms with van der Waals surface area (Å²) in [6.07, 6.45) is 3.25. The monoisotopic (exact) mass is 671 g/mol. The maximum atomic E-state index is 14.0. The summed E-state index contributed by atoms with van der Waals surface area (Å²) in [5.74, 6) is 0.0941. The van der Waals surface area contributed by atoms with Gasteiger partial charge in [-0.25, -0.2) is 4.98 Å². The summed E-state index contributed by atoms with van der Waals surface area (Å²) in [4.78, 5) is 31.7. The molecule has 0 aliphatic heterocycles. The molecule has 0 spiro atoms. The van der Waals surface area contributed by atoms with Crippen LogP contribution in [0.2, 0.25) is 0 Å². The fourth-order valence-electron chi connectivity index (χ4n) is 7.31. The molecule has 3 aliphatic rings. The van der Waals surface area contributed by atoms with Gasteiger partial charge in [0.05, 0.1) is 5.56 Å². The molecule has 2 N–H and O–H groups in total. The van der Waals surface area contributed by atoms with Gasteiger partial charge in [0, 0.05) is 35.6 Å². The second-order valence-electron chi connectivity index (χ2n) is 13.8. The number of carbonyl (C=O) groups is 2. The molecule has 0 saturated heterocycles. The molecular weight excluding hydrogens is 631 g/mol. The Morgan fingerprint density at radius 1 is 0.959 bits per heavy atom. The van der Waals surface area contributed by atoms with Crippen LogP contribution in [0.4, 0.5) is 18.9 Å². The fourth-order valence-corrected chi connectivity index (χ4v) is 7.31. The number of nitrogens with zero attached hydrogens (tertiary/aromatic N) is 3. The number of halogens is 3. The van der Waals surface area contributed by atoms with Gasteiger partial charge in [0.2, 0.25) is 11.8 Å². The number of amides is 2. The summed E-state index contributed by atoms with van der Waals surface area (Å²) < 4.78 is 49.0. The number of ether oxygens (including phenoxy) is 1.